The van der Waals surface area contributed by atoms with Gasteiger partial charge in [0.1, 0.15) is 19.3 Å². The van der Waals surface area contributed by atoms with E-state index in [9.17, 15) is 19.7 Å². The second kappa shape index (κ2) is 10.1. The monoisotopic (exact) mass is 540 g/mol. The first-order valence-electron chi connectivity index (χ1n) is 10.5. The van der Waals surface area contributed by atoms with Crippen LogP contribution in [-0.2, 0) is 13.8 Å². The van der Waals surface area contributed by atoms with Crippen molar-refractivity contribution >= 4 is 49.8 Å². The standard InChI is InChI=1S/C17H27ClN6O8P2/c1-33(27,8-34(28,29)30)32-7-10-4-11(14(26)13(10)25)24-16-12(22-23-24)15(20-17(18)21-16)19-5-9-2-3-31-6-9/h9-11,13-14,25-27H,1-8H2,(H,19,20,21)(H2,28,29,30)/t9-,10-,11-,13-,14+,33?/m1/s1. The first-order valence-corrected chi connectivity index (χ1v) is 14.7. The first kappa shape index (κ1) is 25.9. The zero-order valence-corrected chi connectivity index (χ0v) is 20.6. The average molecular weight is 541 g/mol. The maximum Gasteiger partial charge on any atom is 0.334 e. The van der Waals surface area contributed by atoms with E-state index in [0.717, 1.165) is 6.42 Å². The molecule has 2 aliphatic rings. The number of nitrogens with one attached hydrogen (secondary N) is 1. The summed E-state index contributed by atoms with van der Waals surface area (Å²) in [5.74, 6) is -0.848. The van der Waals surface area contributed by atoms with Crippen molar-refractivity contribution in [1.82, 2.24) is 25.0 Å². The second-order valence-corrected chi connectivity index (χ2v) is 13.4. The van der Waals surface area contributed by atoms with Crippen molar-refractivity contribution in [2.75, 3.05) is 37.6 Å². The van der Waals surface area contributed by atoms with E-state index in [1.54, 1.807) is 0 Å². The quantitative estimate of drug-likeness (QED) is 0.184. The van der Waals surface area contributed by atoms with Gasteiger partial charge in [0, 0.05) is 25.0 Å². The maximum atomic E-state index is 11.2. The molecule has 0 aromatic carbocycles. The molecule has 2 aromatic heterocycles. The van der Waals surface area contributed by atoms with E-state index in [0.29, 0.717) is 37.0 Å². The lowest BCUT2D eigenvalue weighted by atomic mass is 10.1. The van der Waals surface area contributed by atoms with E-state index in [-0.39, 0.29) is 24.0 Å². The Morgan fingerprint density at radius 3 is 2.71 bits per heavy atom. The summed E-state index contributed by atoms with van der Waals surface area (Å²) in [7, 11) is -8.15. The van der Waals surface area contributed by atoms with Gasteiger partial charge in [-0.05, 0) is 24.4 Å². The van der Waals surface area contributed by atoms with Gasteiger partial charge in [-0.2, -0.15) is 9.97 Å². The molecule has 1 unspecified atom stereocenters. The third-order valence-corrected chi connectivity index (χ3v) is 9.94. The van der Waals surface area contributed by atoms with Crippen molar-refractivity contribution in [3.05, 3.63) is 5.28 Å². The van der Waals surface area contributed by atoms with Crippen molar-refractivity contribution < 1.29 is 38.7 Å². The topological polar surface area (TPSA) is 205 Å². The molecule has 14 nitrogen and oxygen atoms in total. The number of aliphatic hydroxyl groups excluding tert-OH is 2. The minimum absolute atomic E-state index is 0.0431. The molecule has 190 valence electrons. The van der Waals surface area contributed by atoms with E-state index in [1.165, 1.54) is 4.68 Å². The Morgan fingerprint density at radius 1 is 1.26 bits per heavy atom. The molecule has 1 saturated carbocycles. The molecule has 0 radical (unpaired) electrons. The van der Waals surface area contributed by atoms with Gasteiger partial charge in [-0.1, -0.05) is 11.5 Å². The van der Waals surface area contributed by atoms with Crippen LogP contribution >= 0.6 is 26.5 Å². The van der Waals surface area contributed by atoms with Gasteiger partial charge in [0.25, 0.3) is 0 Å². The van der Waals surface area contributed by atoms with Crippen molar-refractivity contribution in [1.29, 1.82) is 0 Å². The second-order valence-electron chi connectivity index (χ2n) is 8.65. The van der Waals surface area contributed by atoms with Crippen LogP contribution < -0.4 is 5.32 Å². The van der Waals surface area contributed by atoms with Gasteiger partial charge in [0.2, 0.25) is 5.28 Å². The molecule has 6 atom stereocenters. The SMILES string of the molecule is C=P(O)(CP(=O)(O)O)OC[C@H]1C[C@@H](n2nnc3c(NC[C@H]4CCOC4)nc(Cl)nc32)[C@H](O)[C@@H]1O. The summed E-state index contributed by atoms with van der Waals surface area (Å²) in [6, 6.07) is -0.742. The van der Waals surface area contributed by atoms with Crippen LogP contribution in [0.5, 0.6) is 0 Å². The van der Waals surface area contributed by atoms with Gasteiger partial charge in [0.05, 0.1) is 25.4 Å². The Hall–Kier alpha value is -1.18. The van der Waals surface area contributed by atoms with Gasteiger partial charge in [0.15, 0.2) is 17.0 Å². The van der Waals surface area contributed by atoms with Crippen LogP contribution in [0.3, 0.4) is 0 Å². The Bertz CT molecular complexity index is 1120. The lowest BCUT2D eigenvalue weighted by molar-refractivity contribution is -0.00289. The first-order chi connectivity index (χ1) is 15.9. The van der Waals surface area contributed by atoms with Crippen molar-refractivity contribution in [2.45, 2.75) is 31.1 Å². The molecular formula is C17H27ClN6O8P2. The third-order valence-electron chi connectivity index (χ3n) is 5.90. The molecule has 34 heavy (non-hydrogen) atoms. The molecule has 6 N–H and O–H groups in total. The van der Waals surface area contributed by atoms with Crippen LogP contribution in [0.2, 0.25) is 5.28 Å². The summed E-state index contributed by atoms with van der Waals surface area (Å²) in [5, 5.41) is 32.6. The van der Waals surface area contributed by atoms with Crippen molar-refractivity contribution in [2.24, 2.45) is 11.8 Å². The number of aromatic nitrogens is 5. The van der Waals surface area contributed by atoms with Crippen LogP contribution in [0.15, 0.2) is 0 Å². The van der Waals surface area contributed by atoms with Crippen molar-refractivity contribution in [3.8, 4) is 0 Å². The number of aliphatic hydroxyl groups is 2. The summed E-state index contributed by atoms with van der Waals surface area (Å²) in [5.41, 5.74) is 0.620. The fourth-order valence-electron chi connectivity index (χ4n) is 4.21. The highest BCUT2D eigenvalue weighted by Gasteiger charge is 2.44. The summed E-state index contributed by atoms with van der Waals surface area (Å²) >= 11 is 6.12. The van der Waals surface area contributed by atoms with Gasteiger partial charge >= 0.3 is 7.60 Å². The van der Waals surface area contributed by atoms with E-state index in [2.05, 4.69) is 31.9 Å². The molecule has 1 aliphatic heterocycles. The van der Waals surface area contributed by atoms with Gasteiger partial charge in [-0.25, -0.2) is 4.68 Å². The number of hydrogen-bond acceptors (Lipinski definition) is 11. The Kier molecular flexibility index (Phi) is 7.66. The molecule has 0 bridgehead atoms. The number of rotatable bonds is 9. The summed E-state index contributed by atoms with van der Waals surface area (Å²) in [6.07, 6.45) is 1.94. The predicted molar refractivity (Wildman–Crippen MR) is 124 cm³/mol. The van der Waals surface area contributed by atoms with E-state index >= 15 is 0 Å². The highest BCUT2D eigenvalue weighted by atomic mass is 35.5. The number of halogens is 1. The molecule has 17 heteroatoms. The number of anilines is 1. The largest absolute Gasteiger partial charge is 0.390 e. The summed E-state index contributed by atoms with van der Waals surface area (Å²) < 4.78 is 23.2. The zero-order chi connectivity index (χ0) is 24.7. The Balaban J connectivity index is 1.50. The molecule has 0 spiro atoms. The van der Waals surface area contributed by atoms with Gasteiger partial charge < -0.3 is 39.5 Å². The zero-order valence-electron chi connectivity index (χ0n) is 18.0. The third kappa shape index (κ3) is 5.96. The average Bonchev–Trinajstić information content (AvgIpc) is 3.44. The molecule has 1 saturated heterocycles. The molecule has 2 aromatic rings. The molecule has 1 aliphatic carbocycles. The lowest BCUT2D eigenvalue weighted by Crippen LogP contribution is -2.31. The fraction of sp³-hybridized carbons (Fsp3) is 0.706. The van der Waals surface area contributed by atoms with Crippen LogP contribution in [-0.4, -0.2) is 101 Å². The number of nitrogens with zero attached hydrogens (tertiary/aromatic N) is 5. The van der Waals surface area contributed by atoms with Gasteiger partial charge in [-0.15, -0.1) is 5.10 Å². The smallest absolute Gasteiger partial charge is 0.334 e. The highest BCUT2D eigenvalue weighted by molar-refractivity contribution is 7.75. The summed E-state index contributed by atoms with van der Waals surface area (Å²) in [4.78, 5) is 36.6. The van der Waals surface area contributed by atoms with Crippen LogP contribution in [0.4, 0.5) is 5.82 Å². The van der Waals surface area contributed by atoms with E-state index in [1.807, 2.05) is 0 Å². The van der Waals surface area contributed by atoms with E-state index in [4.69, 9.17) is 30.6 Å². The molecule has 0 amide bonds. The van der Waals surface area contributed by atoms with Crippen LogP contribution in [0.1, 0.15) is 18.9 Å². The number of ether oxygens (including phenoxy) is 1. The minimum atomic E-state index is -4.54. The van der Waals surface area contributed by atoms with Gasteiger partial charge in [-0.3, -0.25) is 4.57 Å². The molecular weight excluding hydrogens is 514 g/mol. The molecule has 3 heterocycles. The Morgan fingerprint density at radius 2 is 2.03 bits per heavy atom. The molecule has 4 rings (SSSR count). The molecule has 2 fully saturated rings. The Labute approximate surface area is 199 Å². The maximum absolute atomic E-state index is 11.2. The normalized spacial score (nSPS) is 29.5. The fourth-order valence-corrected chi connectivity index (χ4v) is 7.47. The number of hydrogen-bond donors (Lipinski definition) is 6. The van der Waals surface area contributed by atoms with Crippen LogP contribution in [0.25, 0.3) is 11.2 Å². The predicted octanol–water partition coefficient (Wildman–Crippen LogP) is 0.0296. The summed E-state index contributed by atoms with van der Waals surface area (Å²) in [6.45, 7) is 1.70. The number of fused-ring (bicyclic) bond motifs is 1. The van der Waals surface area contributed by atoms with E-state index < -0.39 is 45.0 Å². The lowest BCUT2D eigenvalue weighted by Gasteiger charge is -2.22. The highest BCUT2D eigenvalue weighted by Crippen LogP contribution is 2.55. The van der Waals surface area contributed by atoms with Crippen molar-refractivity contribution in [3.63, 3.8) is 0 Å². The van der Waals surface area contributed by atoms with Crippen LogP contribution in [0, 0.1) is 11.8 Å². The minimum Gasteiger partial charge on any atom is -0.390 e.